The molecule has 0 aliphatic rings. The van der Waals surface area contributed by atoms with Crippen LogP contribution >= 0.6 is 11.3 Å². The van der Waals surface area contributed by atoms with Crippen LogP contribution in [0, 0.1) is 0 Å². The zero-order valence-electron chi connectivity index (χ0n) is 11.6. The van der Waals surface area contributed by atoms with Gasteiger partial charge < -0.3 is 15.7 Å². The Balaban J connectivity index is 2.23. The number of carboxylic acids is 1. The molecular weight excluding hydrogens is 335 g/mol. The van der Waals surface area contributed by atoms with Crippen molar-refractivity contribution in [2.75, 3.05) is 10.6 Å². The Labute approximate surface area is 132 Å². The first-order valence-corrected chi connectivity index (χ1v) is 6.94. The van der Waals surface area contributed by atoms with E-state index in [0.717, 1.165) is 0 Å². The fourth-order valence-electron chi connectivity index (χ4n) is 1.67. The zero-order valence-corrected chi connectivity index (χ0v) is 12.4. The van der Waals surface area contributed by atoms with Crippen LogP contribution in [0.5, 0.6) is 0 Å². The Bertz CT molecular complexity index is 741. The average Bonchev–Trinajstić information content (AvgIpc) is 2.84. The van der Waals surface area contributed by atoms with Crippen molar-refractivity contribution in [1.29, 1.82) is 0 Å². The molecule has 0 radical (unpaired) electrons. The third kappa shape index (κ3) is 4.19. The molecule has 0 unspecified atom stereocenters. The van der Waals surface area contributed by atoms with Crippen LogP contribution in [0.3, 0.4) is 0 Å². The van der Waals surface area contributed by atoms with Gasteiger partial charge in [-0.05, 0) is 24.3 Å². The van der Waals surface area contributed by atoms with Crippen LogP contribution in [0.25, 0.3) is 0 Å². The predicted octanol–water partition coefficient (Wildman–Crippen LogP) is 3.56. The highest BCUT2D eigenvalue weighted by molar-refractivity contribution is 7.17. The molecule has 122 valence electrons. The minimum atomic E-state index is -4.85. The molecule has 2 rings (SSSR count). The van der Waals surface area contributed by atoms with Gasteiger partial charge in [0, 0.05) is 18.3 Å². The topological polar surface area (TPSA) is 91.3 Å². The number of carbonyl (C=O) groups is 2. The van der Waals surface area contributed by atoms with Crippen LogP contribution in [0.1, 0.15) is 22.3 Å². The van der Waals surface area contributed by atoms with Gasteiger partial charge in [-0.2, -0.15) is 13.2 Å². The van der Waals surface area contributed by atoms with Crippen molar-refractivity contribution < 1.29 is 27.9 Å². The van der Waals surface area contributed by atoms with Crippen LogP contribution in [0.15, 0.2) is 24.3 Å². The van der Waals surface area contributed by atoms with Gasteiger partial charge in [-0.1, -0.05) is 11.3 Å². The van der Waals surface area contributed by atoms with Crippen LogP contribution in [-0.4, -0.2) is 22.0 Å². The van der Waals surface area contributed by atoms with Crippen molar-refractivity contribution in [3.05, 3.63) is 34.8 Å². The van der Waals surface area contributed by atoms with Crippen molar-refractivity contribution in [1.82, 2.24) is 4.98 Å². The quantitative estimate of drug-likeness (QED) is 0.788. The molecule has 0 saturated heterocycles. The van der Waals surface area contributed by atoms with E-state index in [1.165, 1.54) is 19.1 Å². The number of hydrogen-bond donors (Lipinski definition) is 3. The second-order valence-corrected chi connectivity index (χ2v) is 5.38. The number of amides is 1. The molecule has 0 saturated carbocycles. The number of benzene rings is 1. The average molecular weight is 345 g/mol. The second-order valence-electron chi connectivity index (χ2n) is 4.38. The van der Waals surface area contributed by atoms with E-state index in [9.17, 15) is 22.8 Å². The van der Waals surface area contributed by atoms with Gasteiger partial charge in [0.1, 0.15) is 4.88 Å². The molecule has 0 fully saturated rings. The summed E-state index contributed by atoms with van der Waals surface area (Å²) in [4.78, 5) is 24.2. The van der Waals surface area contributed by atoms with E-state index in [4.69, 9.17) is 5.11 Å². The Morgan fingerprint density at radius 2 is 1.74 bits per heavy atom. The molecule has 1 amide bonds. The highest BCUT2D eigenvalue weighted by Gasteiger charge is 2.39. The molecule has 23 heavy (non-hydrogen) atoms. The minimum Gasteiger partial charge on any atom is -0.477 e. The van der Waals surface area contributed by atoms with Crippen LogP contribution in [0.4, 0.5) is 29.7 Å². The number of aromatic carboxylic acids is 1. The Hall–Kier alpha value is -2.62. The first kappa shape index (κ1) is 16.7. The van der Waals surface area contributed by atoms with E-state index < -0.39 is 22.7 Å². The maximum Gasteiger partial charge on any atom is 0.435 e. The summed E-state index contributed by atoms with van der Waals surface area (Å²) < 4.78 is 38.2. The Kier molecular flexibility index (Phi) is 4.55. The first-order chi connectivity index (χ1) is 10.7. The molecule has 1 aromatic heterocycles. The predicted molar refractivity (Wildman–Crippen MR) is 78.1 cm³/mol. The molecular formula is C13H10F3N3O3S. The molecule has 2 aromatic rings. The molecule has 1 aromatic carbocycles. The summed E-state index contributed by atoms with van der Waals surface area (Å²) >= 11 is 0.393. The standard InChI is InChI=1S/C13H10F3N3O3S/c1-6(20)17-7-2-4-8(5-3-7)18-12-19-10(13(14,15)16)9(23-12)11(21)22/h2-5H,1H3,(H,17,20)(H,18,19)(H,21,22). The van der Waals surface area contributed by atoms with Crippen LogP contribution in [-0.2, 0) is 11.0 Å². The van der Waals surface area contributed by atoms with Crippen molar-refractivity contribution >= 4 is 39.7 Å². The van der Waals surface area contributed by atoms with Crippen LogP contribution < -0.4 is 10.6 Å². The molecule has 0 atom stereocenters. The first-order valence-electron chi connectivity index (χ1n) is 6.13. The normalized spacial score (nSPS) is 11.1. The van der Waals surface area contributed by atoms with Crippen molar-refractivity contribution in [3.8, 4) is 0 Å². The summed E-state index contributed by atoms with van der Waals surface area (Å²) in [7, 11) is 0. The lowest BCUT2D eigenvalue weighted by Crippen LogP contribution is -2.11. The molecule has 3 N–H and O–H groups in total. The molecule has 10 heteroatoms. The maximum atomic E-state index is 12.7. The third-order valence-corrected chi connectivity index (χ3v) is 3.51. The molecule has 1 heterocycles. The van der Waals surface area contributed by atoms with Gasteiger partial charge in [0.05, 0.1) is 0 Å². The molecule has 0 spiro atoms. The number of carbonyl (C=O) groups excluding carboxylic acids is 1. The van der Waals surface area contributed by atoms with Crippen molar-refractivity contribution in [3.63, 3.8) is 0 Å². The van der Waals surface area contributed by atoms with Gasteiger partial charge in [-0.15, -0.1) is 0 Å². The molecule has 0 aliphatic carbocycles. The second kappa shape index (κ2) is 6.24. The smallest absolute Gasteiger partial charge is 0.435 e. The van der Waals surface area contributed by atoms with Crippen molar-refractivity contribution in [2.45, 2.75) is 13.1 Å². The monoisotopic (exact) mass is 345 g/mol. The number of anilines is 3. The number of rotatable bonds is 4. The summed E-state index contributed by atoms with van der Waals surface area (Å²) in [5, 5.41) is 13.8. The van der Waals surface area contributed by atoms with E-state index in [1.54, 1.807) is 12.1 Å². The largest absolute Gasteiger partial charge is 0.477 e. The van der Waals surface area contributed by atoms with Gasteiger partial charge in [0.2, 0.25) is 5.91 Å². The highest BCUT2D eigenvalue weighted by atomic mass is 32.1. The summed E-state index contributed by atoms with van der Waals surface area (Å²) in [5.41, 5.74) is -0.518. The lowest BCUT2D eigenvalue weighted by molar-refractivity contribution is -0.141. The molecule has 0 bridgehead atoms. The van der Waals surface area contributed by atoms with Gasteiger partial charge in [-0.3, -0.25) is 4.79 Å². The SMILES string of the molecule is CC(=O)Nc1ccc(Nc2nc(C(F)(F)F)c(C(=O)O)s2)cc1. The summed E-state index contributed by atoms with van der Waals surface area (Å²) in [6, 6.07) is 6.11. The Morgan fingerprint density at radius 1 is 1.17 bits per heavy atom. The van der Waals surface area contributed by atoms with E-state index in [2.05, 4.69) is 15.6 Å². The van der Waals surface area contributed by atoms with Gasteiger partial charge >= 0.3 is 12.1 Å². The van der Waals surface area contributed by atoms with Gasteiger partial charge in [0.15, 0.2) is 10.8 Å². The summed E-state index contributed by atoms with van der Waals surface area (Å²) in [5.74, 6) is -1.95. The maximum absolute atomic E-state index is 12.7. The zero-order chi connectivity index (χ0) is 17.2. The third-order valence-electron chi connectivity index (χ3n) is 2.55. The van der Waals surface area contributed by atoms with E-state index >= 15 is 0 Å². The lowest BCUT2D eigenvalue weighted by atomic mass is 10.3. The number of hydrogen-bond acceptors (Lipinski definition) is 5. The number of nitrogens with one attached hydrogen (secondary N) is 2. The molecule has 0 aliphatic heterocycles. The number of alkyl halides is 3. The van der Waals surface area contributed by atoms with Gasteiger partial charge in [0.25, 0.3) is 0 Å². The summed E-state index contributed by atoms with van der Waals surface area (Å²) in [6.45, 7) is 1.34. The van der Waals surface area contributed by atoms with E-state index in [0.29, 0.717) is 22.7 Å². The van der Waals surface area contributed by atoms with Crippen LogP contribution in [0.2, 0.25) is 0 Å². The fourth-order valence-corrected chi connectivity index (χ4v) is 2.52. The number of carboxylic acid groups (broad SMARTS) is 1. The Morgan fingerprint density at radius 3 is 2.17 bits per heavy atom. The highest BCUT2D eigenvalue weighted by Crippen LogP contribution is 2.37. The number of thiazole rings is 1. The fraction of sp³-hybridized carbons (Fsp3) is 0.154. The van der Waals surface area contributed by atoms with Gasteiger partial charge in [-0.25, -0.2) is 9.78 Å². The number of aromatic nitrogens is 1. The van der Waals surface area contributed by atoms with E-state index in [1.807, 2.05) is 0 Å². The lowest BCUT2D eigenvalue weighted by Gasteiger charge is -2.05. The van der Waals surface area contributed by atoms with Crippen molar-refractivity contribution in [2.24, 2.45) is 0 Å². The number of nitrogens with zero attached hydrogens (tertiary/aromatic N) is 1. The minimum absolute atomic E-state index is 0.193. The summed E-state index contributed by atoms with van der Waals surface area (Å²) in [6.07, 6.45) is -4.85. The number of halogens is 3. The molecule has 6 nitrogen and oxygen atoms in total. The van der Waals surface area contributed by atoms with E-state index in [-0.39, 0.29) is 11.0 Å².